The number of hydrazine groups is 1. The van der Waals surface area contributed by atoms with Crippen molar-refractivity contribution >= 4 is 43.2 Å². The van der Waals surface area contributed by atoms with Crippen LogP contribution in [0.15, 0.2) is 20.4 Å². The molecule has 2 rings (SSSR count). The van der Waals surface area contributed by atoms with Crippen molar-refractivity contribution in [3.05, 3.63) is 36.7 Å². The highest BCUT2D eigenvalue weighted by atomic mass is 79.9. The lowest BCUT2D eigenvalue weighted by atomic mass is 10.1. The molecule has 1 atom stereocenters. The summed E-state index contributed by atoms with van der Waals surface area (Å²) in [5.74, 6) is 5.71. The molecule has 0 saturated carbocycles. The summed E-state index contributed by atoms with van der Waals surface area (Å²) in [5.41, 5.74) is 5.08. The third-order valence-electron chi connectivity index (χ3n) is 2.98. The second kappa shape index (κ2) is 6.49. The van der Waals surface area contributed by atoms with Crippen LogP contribution in [0.3, 0.4) is 0 Å². The largest absolute Gasteiger partial charge is 0.271 e. The number of hydrogen-bond acceptors (Lipinski definition) is 4. The van der Waals surface area contributed by atoms with Gasteiger partial charge in [0.2, 0.25) is 0 Å². The maximum atomic E-state index is 5.71. The van der Waals surface area contributed by atoms with E-state index >= 15 is 0 Å². The molecule has 1 unspecified atom stereocenters. The number of nitrogens with zero attached hydrogens (tertiary/aromatic N) is 2. The Bertz CT molecular complexity index is 564. The van der Waals surface area contributed by atoms with Gasteiger partial charge in [-0.05, 0) is 51.8 Å². The summed E-state index contributed by atoms with van der Waals surface area (Å²) in [4.78, 5) is 1.21. The van der Waals surface area contributed by atoms with Gasteiger partial charge in [-0.15, -0.1) is 11.3 Å². The van der Waals surface area contributed by atoms with Gasteiger partial charge in [-0.1, -0.05) is 0 Å². The number of halogens is 2. The molecule has 104 valence electrons. The molecule has 19 heavy (non-hydrogen) atoms. The van der Waals surface area contributed by atoms with Gasteiger partial charge in [0.25, 0.3) is 0 Å². The number of aryl methyl sites for hydroxylation is 2. The van der Waals surface area contributed by atoms with Crippen molar-refractivity contribution in [1.29, 1.82) is 0 Å². The van der Waals surface area contributed by atoms with Crippen molar-refractivity contribution in [2.24, 2.45) is 5.84 Å². The van der Waals surface area contributed by atoms with Gasteiger partial charge in [-0.25, -0.2) is 0 Å². The number of hydrogen-bond donors (Lipinski definition) is 2. The highest BCUT2D eigenvalue weighted by Crippen LogP contribution is 2.30. The first-order valence-corrected chi connectivity index (χ1v) is 8.45. The molecule has 3 N–H and O–H groups in total. The Morgan fingerprint density at radius 1 is 1.53 bits per heavy atom. The van der Waals surface area contributed by atoms with E-state index in [1.54, 1.807) is 11.3 Å². The second-order valence-corrected chi connectivity index (χ2v) is 6.90. The summed E-state index contributed by atoms with van der Waals surface area (Å²) in [6.07, 6.45) is 0.804. The van der Waals surface area contributed by atoms with Gasteiger partial charge in [0.15, 0.2) is 0 Å². The molecule has 0 aromatic carbocycles. The molecule has 0 radical (unpaired) electrons. The van der Waals surface area contributed by atoms with Crippen LogP contribution in [0.2, 0.25) is 0 Å². The Morgan fingerprint density at radius 2 is 2.26 bits per heavy atom. The molecule has 2 aromatic heterocycles. The monoisotopic (exact) mass is 406 g/mol. The second-order valence-electron chi connectivity index (χ2n) is 4.25. The summed E-state index contributed by atoms with van der Waals surface area (Å²) in [6.45, 7) is 4.95. The number of nitrogens with one attached hydrogen (secondary N) is 1. The van der Waals surface area contributed by atoms with Gasteiger partial charge in [-0.3, -0.25) is 16.0 Å². The zero-order valence-corrected chi connectivity index (χ0v) is 14.8. The molecule has 2 aromatic rings. The van der Waals surface area contributed by atoms with Gasteiger partial charge in [0, 0.05) is 27.7 Å². The van der Waals surface area contributed by atoms with Gasteiger partial charge in [0.1, 0.15) is 0 Å². The molecular formula is C12H16Br2N4S. The number of rotatable bonds is 5. The van der Waals surface area contributed by atoms with Crippen LogP contribution in [0.25, 0.3) is 0 Å². The van der Waals surface area contributed by atoms with E-state index < -0.39 is 0 Å². The summed E-state index contributed by atoms with van der Waals surface area (Å²) in [6, 6.07) is 2.19. The molecule has 0 fully saturated rings. The van der Waals surface area contributed by atoms with E-state index in [2.05, 4.69) is 60.8 Å². The first-order valence-electron chi connectivity index (χ1n) is 5.98. The molecule has 0 aliphatic heterocycles. The maximum Gasteiger partial charge on any atom is 0.0738 e. The fourth-order valence-corrected chi connectivity index (χ4v) is 3.96. The zero-order valence-electron chi connectivity index (χ0n) is 10.8. The highest BCUT2D eigenvalue weighted by molar-refractivity contribution is 9.10. The van der Waals surface area contributed by atoms with Crippen LogP contribution >= 0.6 is 43.2 Å². The molecular weight excluding hydrogens is 392 g/mol. The smallest absolute Gasteiger partial charge is 0.0738 e. The quantitative estimate of drug-likeness (QED) is 0.588. The van der Waals surface area contributed by atoms with E-state index in [1.165, 1.54) is 10.6 Å². The Labute approximate surface area is 133 Å². The third kappa shape index (κ3) is 3.28. The number of thiophene rings is 1. The van der Waals surface area contributed by atoms with Crippen LogP contribution in [0.4, 0.5) is 0 Å². The summed E-state index contributed by atoms with van der Waals surface area (Å²) < 4.78 is 4.18. The minimum Gasteiger partial charge on any atom is -0.271 e. The van der Waals surface area contributed by atoms with E-state index in [0.29, 0.717) is 0 Å². The molecule has 0 saturated heterocycles. The van der Waals surface area contributed by atoms with Gasteiger partial charge >= 0.3 is 0 Å². The molecule has 4 nitrogen and oxygen atoms in total. The van der Waals surface area contributed by atoms with E-state index in [4.69, 9.17) is 5.84 Å². The minimum absolute atomic E-state index is 0.0917. The van der Waals surface area contributed by atoms with Gasteiger partial charge in [-0.2, -0.15) is 5.10 Å². The minimum atomic E-state index is 0.0917. The Morgan fingerprint density at radius 3 is 2.79 bits per heavy atom. The molecule has 0 amide bonds. The summed E-state index contributed by atoms with van der Waals surface area (Å²) in [7, 11) is 0. The SMILES string of the molecule is CCn1nc(C)c(Br)c1CC(NN)c1cc(Br)cs1. The van der Waals surface area contributed by atoms with Crippen molar-refractivity contribution in [2.45, 2.75) is 32.9 Å². The van der Waals surface area contributed by atoms with E-state index in [0.717, 1.165) is 27.6 Å². The molecule has 7 heteroatoms. The topological polar surface area (TPSA) is 55.9 Å². The van der Waals surface area contributed by atoms with E-state index in [1.807, 2.05) is 11.6 Å². The van der Waals surface area contributed by atoms with Crippen molar-refractivity contribution in [2.75, 3.05) is 0 Å². The van der Waals surface area contributed by atoms with Crippen LogP contribution in [-0.2, 0) is 13.0 Å². The fourth-order valence-electron chi connectivity index (χ4n) is 2.01. The first-order chi connectivity index (χ1) is 9.06. The van der Waals surface area contributed by atoms with E-state index in [-0.39, 0.29) is 6.04 Å². The molecule has 2 heterocycles. The Hall–Kier alpha value is -0.210. The average Bonchev–Trinajstić information content (AvgIpc) is 2.93. The lowest BCUT2D eigenvalue weighted by molar-refractivity contribution is 0.522. The summed E-state index contributed by atoms with van der Waals surface area (Å²) in [5, 5.41) is 6.58. The standard InChI is InChI=1S/C12H16Br2N4S/c1-3-18-10(12(14)7(2)17-18)5-9(16-15)11-4-8(13)6-19-11/h4,6,9,16H,3,5,15H2,1-2H3. The van der Waals surface area contributed by atoms with Crippen molar-refractivity contribution in [1.82, 2.24) is 15.2 Å². The van der Waals surface area contributed by atoms with Gasteiger partial charge in [0.05, 0.1) is 21.9 Å². The number of nitrogens with two attached hydrogens (primary N) is 1. The zero-order chi connectivity index (χ0) is 14.0. The number of aromatic nitrogens is 2. The first kappa shape index (κ1) is 15.2. The van der Waals surface area contributed by atoms with Crippen molar-refractivity contribution in [3.63, 3.8) is 0 Å². The Balaban J connectivity index is 2.28. The van der Waals surface area contributed by atoms with Crippen molar-refractivity contribution < 1.29 is 0 Å². The highest BCUT2D eigenvalue weighted by Gasteiger charge is 2.19. The predicted octanol–water partition coefficient (Wildman–Crippen LogP) is 3.55. The molecule has 0 bridgehead atoms. The lowest BCUT2D eigenvalue weighted by Gasteiger charge is -2.15. The Kier molecular flexibility index (Phi) is 5.19. The van der Waals surface area contributed by atoms with Crippen LogP contribution < -0.4 is 11.3 Å². The van der Waals surface area contributed by atoms with Crippen LogP contribution in [0, 0.1) is 6.92 Å². The average molecular weight is 408 g/mol. The predicted molar refractivity (Wildman–Crippen MR) is 86.1 cm³/mol. The van der Waals surface area contributed by atoms with Crippen molar-refractivity contribution in [3.8, 4) is 0 Å². The van der Waals surface area contributed by atoms with Gasteiger partial charge < -0.3 is 0 Å². The van der Waals surface area contributed by atoms with Crippen LogP contribution in [-0.4, -0.2) is 9.78 Å². The van der Waals surface area contributed by atoms with Crippen LogP contribution in [0.1, 0.15) is 29.2 Å². The van der Waals surface area contributed by atoms with E-state index in [9.17, 15) is 0 Å². The summed E-state index contributed by atoms with van der Waals surface area (Å²) >= 11 is 8.79. The molecule has 0 aliphatic rings. The lowest BCUT2D eigenvalue weighted by Crippen LogP contribution is -2.29. The maximum absolute atomic E-state index is 5.71. The molecule has 0 aliphatic carbocycles. The fraction of sp³-hybridized carbons (Fsp3) is 0.417. The molecule has 0 spiro atoms. The van der Waals surface area contributed by atoms with Crippen LogP contribution in [0.5, 0.6) is 0 Å². The normalized spacial score (nSPS) is 12.9. The third-order valence-corrected chi connectivity index (χ3v) is 5.82.